The number of thiol groups is 1. The van der Waals surface area contributed by atoms with Gasteiger partial charge in [-0.25, -0.2) is 0 Å². The van der Waals surface area contributed by atoms with E-state index in [1.807, 2.05) is 0 Å². The summed E-state index contributed by atoms with van der Waals surface area (Å²) in [6, 6.07) is 0. The summed E-state index contributed by atoms with van der Waals surface area (Å²) >= 11 is 4.39. The standard InChI is InChI=1S/C6H13NS/c1-5-2-3-7-4-6(5)8/h5-8H,2-4H2,1H3/t5-,6+/m0/s1. The summed E-state index contributed by atoms with van der Waals surface area (Å²) in [5.74, 6) is 0.805. The topological polar surface area (TPSA) is 12.0 Å². The molecule has 0 saturated carbocycles. The minimum Gasteiger partial charge on any atom is -0.316 e. The normalized spacial score (nSPS) is 39.8. The molecule has 1 nitrogen and oxygen atoms in total. The summed E-state index contributed by atoms with van der Waals surface area (Å²) < 4.78 is 0. The molecule has 48 valence electrons. The van der Waals surface area contributed by atoms with E-state index in [2.05, 4.69) is 24.9 Å². The Labute approximate surface area is 56.3 Å². The molecule has 1 fully saturated rings. The van der Waals surface area contributed by atoms with Crippen LogP contribution in [0.2, 0.25) is 0 Å². The molecule has 2 atom stereocenters. The van der Waals surface area contributed by atoms with E-state index >= 15 is 0 Å². The third kappa shape index (κ3) is 1.39. The molecule has 1 N–H and O–H groups in total. The van der Waals surface area contributed by atoms with Crippen LogP contribution in [0.3, 0.4) is 0 Å². The SMILES string of the molecule is C[C@H]1CCNC[C@H]1S. The van der Waals surface area contributed by atoms with E-state index < -0.39 is 0 Å². The van der Waals surface area contributed by atoms with Crippen molar-refractivity contribution >= 4 is 12.6 Å². The van der Waals surface area contributed by atoms with Gasteiger partial charge >= 0.3 is 0 Å². The van der Waals surface area contributed by atoms with Crippen LogP contribution in [0.25, 0.3) is 0 Å². The first-order valence-corrected chi connectivity index (χ1v) is 3.71. The van der Waals surface area contributed by atoms with Crippen molar-refractivity contribution in [3.63, 3.8) is 0 Å². The number of hydrogen-bond acceptors (Lipinski definition) is 2. The molecule has 8 heavy (non-hydrogen) atoms. The van der Waals surface area contributed by atoms with Crippen LogP contribution < -0.4 is 5.32 Å². The van der Waals surface area contributed by atoms with Gasteiger partial charge in [0.05, 0.1) is 0 Å². The van der Waals surface area contributed by atoms with E-state index in [0.29, 0.717) is 5.25 Å². The molecule has 0 aromatic carbocycles. The summed E-state index contributed by atoms with van der Waals surface area (Å²) in [6.07, 6.45) is 1.29. The second-order valence-corrected chi connectivity index (χ2v) is 3.20. The Balaban J connectivity index is 2.28. The molecule has 1 rings (SSSR count). The second-order valence-electron chi connectivity index (χ2n) is 2.54. The highest BCUT2D eigenvalue weighted by molar-refractivity contribution is 7.81. The summed E-state index contributed by atoms with van der Waals surface area (Å²) in [5, 5.41) is 3.88. The molecule has 0 aromatic heterocycles. The first kappa shape index (κ1) is 6.43. The number of piperidine rings is 1. The maximum absolute atomic E-state index is 4.39. The minimum absolute atomic E-state index is 0.587. The summed E-state index contributed by atoms with van der Waals surface area (Å²) in [4.78, 5) is 0. The van der Waals surface area contributed by atoms with Crippen molar-refractivity contribution in [1.29, 1.82) is 0 Å². The molecule has 1 saturated heterocycles. The lowest BCUT2D eigenvalue weighted by Gasteiger charge is -2.24. The Morgan fingerprint density at radius 3 is 2.75 bits per heavy atom. The van der Waals surface area contributed by atoms with Crippen LogP contribution in [-0.4, -0.2) is 18.3 Å². The highest BCUT2D eigenvalue weighted by atomic mass is 32.1. The summed E-state index contributed by atoms with van der Waals surface area (Å²) in [5.41, 5.74) is 0. The van der Waals surface area contributed by atoms with Crippen molar-refractivity contribution in [2.75, 3.05) is 13.1 Å². The predicted molar refractivity (Wildman–Crippen MR) is 39.4 cm³/mol. The third-order valence-electron chi connectivity index (χ3n) is 1.79. The molecule has 0 radical (unpaired) electrons. The van der Waals surface area contributed by atoms with E-state index in [-0.39, 0.29) is 0 Å². The fraction of sp³-hybridized carbons (Fsp3) is 1.00. The molecule has 0 spiro atoms. The maximum Gasteiger partial charge on any atom is 0.0168 e. The van der Waals surface area contributed by atoms with E-state index in [4.69, 9.17) is 0 Å². The zero-order chi connectivity index (χ0) is 5.98. The fourth-order valence-corrected chi connectivity index (χ4v) is 1.25. The van der Waals surface area contributed by atoms with Gasteiger partial charge in [0.2, 0.25) is 0 Å². The van der Waals surface area contributed by atoms with Gasteiger partial charge in [0.15, 0.2) is 0 Å². The van der Waals surface area contributed by atoms with Gasteiger partial charge in [-0.15, -0.1) is 0 Å². The van der Waals surface area contributed by atoms with Crippen LogP contribution >= 0.6 is 12.6 Å². The molecule has 2 heteroatoms. The van der Waals surface area contributed by atoms with Gasteiger partial charge in [0.25, 0.3) is 0 Å². The molecule has 0 bridgehead atoms. The van der Waals surface area contributed by atoms with E-state index in [1.54, 1.807) is 0 Å². The predicted octanol–water partition coefficient (Wildman–Crippen LogP) is 0.914. The van der Waals surface area contributed by atoms with Crippen molar-refractivity contribution in [3.8, 4) is 0 Å². The molecular formula is C6H13NS. The average Bonchev–Trinajstić information content (AvgIpc) is 1.77. The van der Waals surface area contributed by atoms with Gasteiger partial charge in [-0.3, -0.25) is 0 Å². The zero-order valence-electron chi connectivity index (χ0n) is 5.22. The van der Waals surface area contributed by atoms with Gasteiger partial charge in [-0.2, -0.15) is 12.6 Å². The second kappa shape index (κ2) is 2.74. The van der Waals surface area contributed by atoms with Crippen LogP contribution in [0, 0.1) is 5.92 Å². The van der Waals surface area contributed by atoms with Crippen molar-refractivity contribution in [2.24, 2.45) is 5.92 Å². The number of rotatable bonds is 0. The van der Waals surface area contributed by atoms with E-state index in [9.17, 15) is 0 Å². The molecule has 1 aliphatic rings. The molecule has 0 aromatic rings. The van der Waals surface area contributed by atoms with Crippen LogP contribution in [0.5, 0.6) is 0 Å². The van der Waals surface area contributed by atoms with Gasteiger partial charge in [0.1, 0.15) is 0 Å². The molecule has 0 unspecified atom stereocenters. The number of nitrogens with one attached hydrogen (secondary N) is 1. The van der Waals surface area contributed by atoms with Gasteiger partial charge in [0, 0.05) is 11.8 Å². The van der Waals surface area contributed by atoms with Crippen LogP contribution in [0.4, 0.5) is 0 Å². The molecule has 0 aliphatic carbocycles. The van der Waals surface area contributed by atoms with Crippen molar-refractivity contribution < 1.29 is 0 Å². The Hall–Kier alpha value is 0.310. The van der Waals surface area contributed by atoms with E-state index in [1.165, 1.54) is 13.0 Å². The van der Waals surface area contributed by atoms with Crippen molar-refractivity contribution in [1.82, 2.24) is 5.32 Å². The summed E-state index contributed by atoms with van der Waals surface area (Å²) in [6.45, 7) is 4.53. The molecule has 1 aliphatic heterocycles. The first-order valence-electron chi connectivity index (χ1n) is 3.19. The highest BCUT2D eigenvalue weighted by Gasteiger charge is 2.15. The lowest BCUT2D eigenvalue weighted by atomic mass is 10.0. The lowest BCUT2D eigenvalue weighted by molar-refractivity contribution is 0.416. The van der Waals surface area contributed by atoms with Gasteiger partial charge in [-0.05, 0) is 18.9 Å². The summed E-state index contributed by atoms with van der Waals surface area (Å²) in [7, 11) is 0. The van der Waals surface area contributed by atoms with Gasteiger partial charge < -0.3 is 5.32 Å². The fourth-order valence-electron chi connectivity index (χ4n) is 0.973. The monoisotopic (exact) mass is 131 g/mol. The van der Waals surface area contributed by atoms with Gasteiger partial charge in [-0.1, -0.05) is 6.92 Å². The van der Waals surface area contributed by atoms with Crippen LogP contribution in [0.15, 0.2) is 0 Å². The molecular weight excluding hydrogens is 118 g/mol. The van der Waals surface area contributed by atoms with E-state index in [0.717, 1.165) is 12.5 Å². The third-order valence-corrected chi connectivity index (χ3v) is 2.48. The van der Waals surface area contributed by atoms with Crippen LogP contribution in [0.1, 0.15) is 13.3 Å². The van der Waals surface area contributed by atoms with Crippen molar-refractivity contribution in [2.45, 2.75) is 18.6 Å². The Morgan fingerprint density at radius 2 is 2.38 bits per heavy atom. The minimum atomic E-state index is 0.587. The molecule has 1 heterocycles. The van der Waals surface area contributed by atoms with Crippen LogP contribution in [-0.2, 0) is 0 Å². The highest BCUT2D eigenvalue weighted by Crippen LogP contribution is 2.15. The Morgan fingerprint density at radius 1 is 1.62 bits per heavy atom. The lowest BCUT2D eigenvalue weighted by Crippen LogP contribution is -2.35. The van der Waals surface area contributed by atoms with Crippen molar-refractivity contribution in [3.05, 3.63) is 0 Å². The average molecular weight is 131 g/mol. The zero-order valence-corrected chi connectivity index (χ0v) is 6.12. The first-order chi connectivity index (χ1) is 3.80. The Bertz CT molecular complexity index is 64.9. The molecule has 0 amide bonds. The quantitative estimate of drug-likeness (QED) is 0.466. The number of hydrogen-bond donors (Lipinski definition) is 2. The smallest absolute Gasteiger partial charge is 0.0168 e. The Kier molecular flexibility index (Phi) is 2.20. The maximum atomic E-state index is 4.39. The largest absolute Gasteiger partial charge is 0.316 e.